The number of nitrogens with zero attached hydrogens (tertiary/aromatic N) is 2. The van der Waals surface area contributed by atoms with Crippen LogP contribution in [0, 0.1) is 20.8 Å². The van der Waals surface area contributed by atoms with Gasteiger partial charge in [0.1, 0.15) is 6.54 Å². The van der Waals surface area contributed by atoms with E-state index in [2.05, 4.69) is 26.2 Å². The van der Waals surface area contributed by atoms with Crippen molar-refractivity contribution in [3.05, 3.63) is 56.2 Å². The Hall–Kier alpha value is -1.95. The molecule has 1 N–H and O–H groups in total. The second-order valence-corrected chi connectivity index (χ2v) is 5.68. The third-order valence-corrected chi connectivity index (χ3v) is 4.29. The summed E-state index contributed by atoms with van der Waals surface area (Å²) in [6, 6.07) is 7.50. The third-order valence-electron chi connectivity index (χ3n) is 3.14. The Morgan fingerprint density at radius 3 is 2.71 bits per heavy atom. The minimum atomic E-state index is -0.424. The number of nitrogens with one attached hydrogen (secondary N) is 1. The van der Waals surface area contributed by atoms with Crippen LogP contribution in [0.1, 0.15) is 17.0 Å². The molecule has 2 aromatic rings. The molecule has 110 valence electrons. The van der Waals surface area contributed by atoms with Crippen LogP contribution >= 0.6 is 15.9 Å². The summed E-state index contributed by atoms with van der Waals surface area (Å²) >= 11 is 3.38. The zero-order valence-electron chi connectivity index (χ0n) is 12.1. The first-order valence-electron chi connectivity index (χ1n) is 6.48. The van der Waals surface area contributed by atoms with E-state index in [4.69, 9.17) is 0 Å². The molecule has 0 fully saturated rings. The molecule has 0 saturated carbocycles. The Morgan fingerprint density at radius 1 is 1.33 bits per heavy atom. The van der Waals surface area contributed by atoms with E-state index in [0.29, 0.717) is 17.1 Å². The Morgan fingerprint density at radius 2 is 2.05 bits per heavy atom. The van der Waals surface area contributed by atoms with Crippen LogP contribution in [0.3, 0.4) is 0 Å². The highest BCUT2D eigenvalue weighted by Crippen LogP contribution is 2.16. The van der Waals surface area contributed by atoms with Crippen LogP contribution in [0.15, 0.2) is 33.5 Å². The summed E-state index contributed by atoms with van der Waals surface area (Å²) in [5, 5.41) is 2.78. The maximum atomic E-state index is 12.1. The van der Waals surface area contributed by atoms with Crippen LogP contribution in [0.5, 0.6) is 0 Å². The number of halogens is 1. The Bertz CT molecular complexity index is 753. The van der Waals surface area contributed by atoms with E-state index in [-0.39, 0.29) is 12.5 Å². The quantitative estimate of drug-likeness (QED) is 0.925. The summed E-state index contributed by atoms with van der Waals surface area (Å²) in [5.74, 6) is -0.261. The zero-order chi connectivity index (χ0) is 15.6. The highest BCUT2D eigenvalue weighted by Gasteiger charge is 2.12. The van der Waals surface area contributed by atoms with Gasteiger partial charge in [0.2, 0.25) is 5.91 Å². The lowest BCUT2D eigenvalue weighted by molar-refractivity contribution is -0.116. The van der Waals surface area contributed by atoms with Crippen molar-refractivity contribution in [3.63, 3.8) is 0 Å². The summed E-state index contributed by atoms with van der Waals surface area (Å²) in [6.45, 7) is 5.41. The van der Waals surface area contributed by atoms with Crippen LogP contribution in [-0.4, -0.2) is 15.5 Å². The van der Waals surface area contributed by atoms with Gasteiger partial charge in [0.25, 0.3) is 0 Å². The van der Waals surface area contributed by atoms with Crippen LogP contribution in [-0.2, 0) is 11.3 Å². The Balaban J connectivity index is 2.21. The molecular formula is C15H16BrN3O2. The molecule has 0 unspecified atom stereocenters. The predicted molar refractivity (Wildman–Crippen MR) is 85.5 cm³/mol. The zero-order valence-corrected chi connectivity index (χ0v) is 13.7. The second-order valence-electron chi connectivity index (χ2n) is 4.88. The van der Waals surface area contributed by atoms with Gasteiger partial charge in [0.05, 0.1) is 10.2 Å². The molecule has 0 aliphatic rings. The van der Waals surface area contributed by atoms with E-state index < -0.39 is 5.69 Å². The van der Waals surface area contributed by atoms with E-state index in [1.54, 1.807) is 13.8 Å². The van der Waals surface area contributed by atoms with Crippen LogP contribution in [0.25, 0.3) is 0 Å². The van der Waals surface area contributed by atoms with Crippen molar-refractivity contribution < 1.29 is 4.79 Å². The van der Waals surface area contributed by atoms with Gasteiger partial charge in [-0.1, -0.05) is 12.1 Å². The minimum absolute atomic E-state index is 0.0650. The first-order valence-corrected chi connectivity index (χ1v) is 7.28. The average molecular weight is 350 g/mol. The molecule has 1 amide bonds. The number of carbonyl (C=O) groups excluding carboxylic acids is 1. The summed E-state index contributed by atoms with van der Waals surface area (Å²) in [5.41, 5.74) is 2.65. The topological polar surface area (TPSA) is 64.0 Å². The molecule has 0 atom stereocenters. The first kappa shape index (κ1) is 15.4. The SMILES string of the molecule is Cc1cccc(NC(=O)Cn2c(C)c(Br)c(C)nc2=O)c1. The van der Waals surface area contributed by atoms with E-state index >= 15 is 0 Å². The third kappa shape index (κ3) is 3.58. The molecule has 21 heavy (non-hydrogen) atoms. The molecule has 1 aromatic heterocycles. The van der Waals surface area contributed by atoms with E-state index in [1.807, 2.05) is 31.2 Å². The monoisotopic (exact) mass is 349 g/mol. The predicted octanol–water partition coefficient (Wildman–Crippen LogP) is 2.57. The normalized spacial score (nSPS) is 10.5. The smallest absolute Gasteiger partial charge is 0.325 e. The minimum Gasteiger partial charge on any atom is -0.325 e. The second kappa shape index (κ2) is 6.22. The fraction of sp³-hybridized carbons (Fsp3) is 0.267. The summed E-state index contributed by atoms with van der Waals surface area (Å²) in [4.78, 5) is 27.9. The fourth-order valence-corrected chi connectivity index (χ4v) is 2.33. The highest BCUT2D eigenvalue weighted by molar-refractivity contribution is 9.10. The number of benzene rings is 1. The van der Waals surface area contributed by atoms with Crippen molar-refractivity contribution in [3.8, 4) is 0 Å². The maximum Gasteiger partial charge on any atom is 0.348 e. The van der Waals surface area contributed by atoms with Gasteiger partial charge < -0.3 is 5.32 Å². The van der Waals surface area contributed by atoms with Crippen LogP contribution < -0.4 is 11.0 Å². The molecule has 0 aliphatic heterocycles. The molecule has 6 heteroatoms. The number of amides is 1. The van der Waals surface area contributed by atoms with Gasteiger partial charge in [-0.25, -0.2) is 4.79 Å². The molecule has 0 radical (unpaired) electrons. The Kier molecular flexibility index (Phi) is 4.57. The van der Waals surface area contributed by atoms with Crippen LogP contribution in [0.4, 0.5) is 5.69 Å². The highest BCUT2D eigenvalue weighted by atomic mass is 79.9. The molecule has 0 saturated heterocycles. The Labute approximate surface area is 131 Å². The van der Waals surface area contributed by atoms with Gasteiger partial charge in [-0.3, -0.25) is 9.36 Å². The molecule has 0 aliphatic carbocycles. The molecule has 5 nitrogen and oxygen atoms in total. The molecule has 0 bridgehead atoms. The van der Waals surface area contributed by atoms with Gasteiger partial charge >= 0.3 is 5.69 Å². The fourth-order valence-electron chi connectivity index (χ4n) is 2.03. The molecule has 2 rings (SSSR count). The number of rotatable bonds is 3. The number of aromatic nitrogens is 2. The van der Waals surface area contributed by atoms with Crippen molar-refractivity contribution in [1.29, 1.82) is 0 Å². The lowest BCUT2D eigenvalue weighted by atomic mass is 10.2. The van der Waals surface area contributed by atoms with Gasteiger partial charge in [-0.15, -0.1) is 0 Å². The van der Waals surface area contributed by atoms with Gasteiger partial charge in [0.15, 0.2) is 0 Å². The van der Waals surface area contributed by atoms with Crippen molar-refractivity contribution >= 4 is 27.5 Å². The van der Waals surface area contributed by atoms with E-state index in [9.17, 15) is 9.59 Å². The molecular weight excluding hydrogens is 334 g/mol. The number of hydrogen-bond acceptors (Lipinski definition) is 3. The maximum absolute atomic E-state index is 12.1. The molecule has 0 spiro atoms. The standard InChI is InChI=1S/C15H16BrN3O2/c1-9-5-4-6-12(7-9)18-13(20)8-19-11(3)14(16)10(2)17-15(19)21/h4-7H,8H2,1-3H3,(H,18,20). The van der Waals surface area contributed by atoms with Crippen molar-refractivity contribution in [1.82, 2.24) is 9.55 Å². The number of aryl methyl sites for hydroxylation is 2. The van der Waals surface area contributed by atoms with Crippen LogP contribution in [0.2, 0.25) is 0 Å². The van der Waals surface area contributed by atoms with Crippen molar-refractivity contribution in [2.45, 2.75) is 27.3 Å². The number of carbonyl (C=O) groups is 1. The largest absolute Gasteiger partial charge is 0.348 e. The van der Waals surface area contributed by atoms with Crippen molar-refractivity contribution in [2.24, 2.45) is 0 Å². The molecule has 1 aromatic carbocycles. The average Bonchev–Trinajstić information content (AvgIpc) is 2.41. The summed E-state index contributed by atoms with van der Waals surface area (Å²) in [6.07, 6.45) is 0. The van der Waals surface area contributed by atoms with E-state index in [0.717, 1.165) is 10.0 Å². The molecule has 1 heterocycles. The lowest BCUT2D eigenvalue weighted by Gasteiger charge is -2.12. The van der Waals surface area contributed by atoms with E-state index in [1.165, 1.54) is 4.57 Å². The summed E-state index contributed by atoms with van der Waals surface area (Å²) in [7, 11) is 0. The van der Waals surface area contributed by atoms with Gasteiger partial charge in [0, 0.05) is 11.4 Å². The number of hydrogen-bond donors (Lipinski definition) is 1. The lowest BCUT2D eigenvalue weighted by Crippen LogP contribution is -2.31. The van der Waals surface area contributed by atoms with Gasteiger partial charge in [-0.05, 0) is 54.4 Å². The first-order chi connectivity index (χ1) is 9.88. The summed E-state index contributed by atoms with van der Waals surface area (Å²) < 4.78 is 2.09. The van der Waals surface area contributed by atoms with Crippen molar-refractivity contribution in [2.75, 3.05) is 5.32 Å². The van der Waals surface area contributed by atoms with Gasteiger partial charge in [-0.2, -0.15) is 4.98 Å². The number of anilines is 1.